The first-order valence-corrected chi connectivity index (χ1v) is 9.05. The molecule has 7 heteroatoms. The lowest BCUT2D eigenvalue weighted by Gasteiger charge is -2.30. The average molecular weight is 348 g/mol. The van der Waals surface area contributed by atoms with Crippen LogP contribution in [0.1, 0.15) is 47.3 Å². The second-order valence-corrected chi connectivity index (χ2v) is 7.09. The van der Waals surface area contributed by atoms with Gasteiger partial charge < -0.3 is 9.42 Å². The number of anilines is 1. The van der Waals surface area contributed by atoms with Gasteiger partial charge in [-0.1, -0.05) is 5.16 Å². The summed E-state index contributed by atoms with van der Waals surface area (Å²) in [5.74, 6) is 3.66. The first kappa shape index (κ1) is 15.4. The van der Waals surface area contributed by atoms with Crippen LogP contribution >= 0.6 is 0 Å². The zero-order chi connectivity index (χ0) is 17.7. The first-order valence-electron chi connectivity index (χ1n) is 9.05. The maximum Gasteiger partial charge on any atom is 0.230 e. The third kappa shape index (κ3) is 2.64. The van der Waals surface area contributed by atoms with E-state index >= 15 is 0 Å². The van der Waals surface area contributed by atoms with E-state index in [9.17, 15) is 0 Å². The maximum absolute atomic E-state index is 5.48. The Balaban J connectivity index is 1.51. The number of aromatic nitrogens is 5. The van der Waals surface area contributed by atoms with Crippen LogP contribution in [0.15, 0.2) is 23.0 Å². The average Bonchev–Trinajstić information content (AvgIpc) is 3.39. The van der Waals surface area contributed by atoms with Crippen molar-refractivity contribution in [2.75, 3.05) is 11.4 Å². The zero-order valence-corrected chi connectivity index (χ0v) is 14.9. The van der Waals surface area contributed by atoms with Gasteiger partial charge in [0.05, 0.1) is 0 Å². The minimum atomic E-state index is 0.459. The fourth-order valence-corrected chi connectivity index (χ4v) is 3.59. The molecule has 4 heterocycles. The Morgan fingerprint density at radius 2 is 2.04 bits per heavy atom. The fraction of sp³-hybridized carbons (Fsp3) is 0.421. The topological polar surface area (TPSA) is 80.8 Å². The summed E-state index contributed by atoms with van der Waals surface area (Å²) in [4.78, 5) is 20.3. The largest absolute Gasteiger partial charge is 0.352 e. The molecule has 3 aromatic heterocycles. The summed E-state index contributed by atoms with van der Waals surface area (Å²) in [6.07, 6.45) is 6.99. The summed E-state index contributed by atoms with van der Waals surface area (Å²) < 4.78 is 5.48. The molecule has 1 fully saturated rings. The lowest BCUT2D eigenvalue weighted by molar-refractivity contribution is 0.380. The van der Waals surface area contributed by atoms with Crippen molar-refractivity contribution >= 4 is 5.82 Å². The Bertz CT molecular complexity index is 978. The SMILES string of the molecule is Cc1nccc(N2CCc3c(cnc(C)c3-c3noc(C4CC4)n3)C2)n1. The second-order valence-electron chi connectivity index (χ2n) is 7.09. The van der Waals surface area contributed by atoms with Crippen molar-refractivity contribution in [3.63, 3.8) is 0 Å². The van der Waals surface area contributed by atoms with E-state index in [1.54, 1.807) is 0 Å². The third-order valence-electron chi connectivity index (χ3n) is 5.14. The van der Waals surface area contributed by atoms with Crippen molar-refractivity contribution < 1.29 is 4.52 Å². The molecule has 2 aliphatic rings. The van der Waals surface area contributed by atoms with E-state index in [4.69, 9.17) is 4.52 Å². The number of aryl methyl sites for hydroxylation is 2. The van der Waals surface area contributed by atoms with Crippen LogP contribution in [-0.4, -0.2) is 31.6 Å². The summed E-state index contributed by atoms with van der Waals surface area (Å²) in [5.41, 5.74) is 4.48. The van der Waals surface area contributed by atoms with Crippen LogP contribution in [0.4, 0.5) is 5.82 Å². The molecule has 5 rings (SSSR count). The highest BCUT2D eigenvalue weighted by molar-refractivity contribution is 5.65. The Morgan fingerprint density at radius 1 is 1.15 bits per heavy atom. The molecule has 0 radical (unpaired) electrons. The van der Waals surface area contributed by atoms with Crippen molar-refractivity contribution in [2.24, 2.45) is 0 Å². The quantitative estimate of drug-likeness (QED) is 0.720. The van der Waals surface area contributed by atoms with E-state index in [1.165, 1.54) is 11.1 Å². The van der Waals surface area contributed by atoms with Crippen LogP contribution in [-0.2, 0) is 13.0 Å². The van der Waals surface area contributed by atoms with E-state index in [-0.39, 0.29) is 0 Å². The molecule has 0 spiro atoms. The van der Waals surface area contributed by atoms with E-state index < -0.39 is 0 Å². The zero-order valence-electron chi connectivity index (χ0n) is 14.9. The molecule has 1 aliphatic carbocycles. The maximum atomic E-state index is 5.48. The number of rotatable bonds is 3. The van der Waals surface area contributed by atoms with Gasteiger partial charge >= 0.3 is 0 Å². The highest BCUT2D eigenvalue weighted by Gasteiger charge is 2.31. The van der Waals surface area contributed by atoms with Crippen molar-refractivity contribution in [1.29, 1.82) is 0 Å². The summed E-state index contributed by atoms with van der Waals surface area (Å²) in [7, 11) is 0. The second kappa shape index (κ2) is 5.86. The molecule has 0 N–H and O–H groups in total. The number of fused-ring (bicyclic) bond motifs is 1. The predicted octanol–water partition coefficient (Wildman–Crippen LogP) is 2.98. The molecule has 0 amide bonds. The van der Waals surface area contributed by atoms with Crippen LogP contribution in [0, 0.1) is 13.8 Å². The molecule has 7 nitrogen and oxygen atoms in total. The van der Waals surface area contributed by atoms with Crippen LogP contribution in [0.25, 0.3) is 11.4 Å². The Hall–Kier alpha value is -2.83. The molecule has 0 bridgehead atoms. The van der Waals surface area contributed by atoms with Gasteiger partial charge in [0.25, 0.3) is 0 Å². The summed E-state index contributed by atoms with van der Waals surface area (Å²) in [6.45, 7) is 5.60. The van der Waals surface area contributed by atoms with Gasteiger partial charge in [-0.2, -0.15) is 4.98 Å². The number of pyridine rings is 1. The van der Waals surface area contributed by atoms with E-state index in [0.29, 0.717) is 11.7 Å². The normalized spacial score (nSPS) is 16.6. The number of hydrogen-bond acceptors (Lipinski definition) is 7. The van der Waals surface area contributed by atoms with Crippen molar-refractivity contribution in [3.8, 4) is 11.4 Å². The van der Waals surface area contributed by atoms with Crippen molar-refractivity contribution in [3.05, 3.63) is 47.0 Å². The van der Waals surface area contributed by atoms with Gasteiger partial charge in [-0.25, -0.2) is 9.97 Å². The molecule has 0 atom stereocenters. The van der Waals surface area contributed by atoms with Gasteiger partial charge in [-0.3, -0.25) is 4.98 Å². The predicted molar refractivity (Wildman–Crippen MR) is 95.8 cm³/mol. The lowest BCUT2D eigenvalue weighted by Crippen LogP contribution is -2.32. The Kier molecular flexibility index (Phi) is 3.48. The van der Waals surface area contributed by atoms with Crippen LogP contribution in [0.2, 0.25) is 0 Å². The standard InChI is InChI=1S/C19H20N6O/c1-11-17(18-23-19(26-24-18)13-3-4-13)15-6-8-25(10-14(15)9-21-11)16-5-7-20-12(2)22-16/h5,7,9,13H,3-4,6,8,10H2,1-2H3. The van der Waals surface area contributed by atoms with E-state index in [0.717, 1.165) is 61.1 Å². The first-order chi connectivity index (χ1) is 12.7. The molecule has 0 aromatic carbocycles. The summed E-state index contributed by atoms with van der Waals surface area (Å²) in [6, 6.07) is 1.96. The van der Waals surface area contributed by atoms with Gasteiger partial charge in [0, 0.05) is 42.7 Å². The van der Waals surface area contributed by atoms with Crippen LogP contribution < -0.4 is 4.90 Å². The number of hydrogen-bond donors (Lipinski definition) is 0. The van der Waals surface area contributed by atoms with Gasteiger partial charge in [-0.15, -0.1) is 0 Å². The summed E-state index contributed by atoms with van der Waals surface area (Å²) in [5, 5.41) is 4.25. The van der Waals surface area contributed by atoms with Crippen LogP contribution in [0.5, 0.6) is 0 Å². The monoisotopic (exact) mass is 348 g/mol. The minimum Gasteiger partial charge on any atom is -0.352 e. The van der Waals surface area contributed by atoms with Gasteiger partial charge in [0.15, 0.2) is 0 Å². The van der Waals surface area contributed by atoms with Gasteiger partial charge in [0.2, 0.25) is 11.7 Å². The van der Waals surface area contributed by atoms with Crippen molar-refractivity contribution in [2.45, 2.75) is 45.6 Å². The third-order valence-corrected chi connectivity index (χ3v) is 5.14. The molecule has 26 heavy (non-hydrogen) atoms. The van der Waals surface area contributed by atoms with E-state index in [2.05, 4.69) is 30.0 Å². The molecular formula is C19H20N6O. The Labute approximate surface area is 151 Å². The highest BCUT2D eigenvalue weighted by atomic mass is 16.5. The summed E-state index contributed by atoms with van der Waals surface area (Å²) >= 11 is 0. The molecule has 3 aromatic rings. The van der Waals surface area contributed by atoms with Crippen molar-refractivity contribution in [1.82, 2.24) is 25.1 Å². The fourth-order valence-electron chi connectivity index (χ4n) is 3.59. The molecule has 132 valence electrons. The molecule has 1 saturated carbocycles. The molecule has 0 saturated heterocycles. The molecule has 1 aliphatic heterocycles. The molecule has 0 unspecified atom stereocenters. The smallest absolute Gasteiger partial charge is 0.230 e. The van der Waals surface area contributed by atoms with E-state index in [1.807, 2.05) is 32.3 Å². The van der Waals surface area contributed by atoms with Gasteiger partial charge in [0.1, 0.15) is 11.6 Å². The van der Waals surface area contributed by atoms with Crippen LogP contribution in [0.3, 0.4) is 0 Å². The number of nitrogens with zero attached hydrogens (tertiary/aromatic N) is 6. The molecular weight excluding hydrogens is 328 g/mol. The highest BCUT2D eigenvalue weighted by Crippen LogP contribution is 2.40. The van der Waals surface area contributed by atoms with Gasteiger partial charge in [-0.05, 0) is 50.3 Å². The Morgan fingerprint density at radius 3 is 2.85 bits per heavy atom. The minimum absolute atomic E-state index is 0.459. The lowest BCUT2D eigenvalue weighted by atomic mass is 9.94.